The van der Waals surface area contributed by atoms with Gasteiger partial charge in [0.15, 0.2) is 6.39 Å². The first-order chi connectivity index (χ1) is 8.34. The molecule has 2 heterocycles. The minimum absolute atomic E-state index is 0.156. The van der Waals surface area contributed by atoms with E-state index in [1.54, 1.807) is 6.20 Å². The molecule has 4 nitrogen and oxygen atoms in total. The van der Waals surface area contributed by atoms with Crippen molar-refractivity contribution in [1.29, 1.82) is 0 Å². The third-order valence-electron chi connectivity index (χ3n) is 2.93. The summed E-state index contributed by atoms with van der Waals surface area (Å²) in [6, 6.07) is 8.03. The predicted octanol–water partition coefficient (Wildman–Crippen LogP) is 2.40. The fraction of sp³-hybridized carbons (Fsp3) is 0.154. The SMILES string of the molecule is N[C@@H](Cc1c[nH]c2ccccc12)c1cnco1. The molecule has 0 spiro atoms. The normalized spacial score (nSPS) is 13.0. The second-order valence-electron chi connectivity index (χ2n) is 4.07. The zero-order valence-electron chi connectivity index (χ0n) is 9.26. The Morgan fingerprint density at radius 2 is 2.24 bits per heavy atom. The number of nitrogens with one attached hydrogen (secondary N) is 1. The van der Waals surface area contributed by atoms with Crippen molar-refractivity contribution in [3.05, 3.63) is 54.4 Å². The molecule has 0 radical (unpaired) electrons. The lowest BCUT2D eigenvalue weighted by atomic mass is 10.0. The number of H-pyrrole nitrogens is 1. The van der Waals surface area contributed by atoms with Crippen LogP contribution in [0.2, 0.25) is 0 Å². The first-order valence-electron chi connectivity index (χ1n) is 5.53. The van der Waals surface area contributed by atoms with Gasteiger partial charge in [-0.15, -0.1) is 0 Å². The van der Waals surface area contributed by atoms with Crippen molar-refractivity contribution in [2.45, 2.75) is 12.5 Å². The molecule has 0 fully saturated rings. The largest absolute Gasteiger partial charge is 0.447 e. The van der Waals surface area contributed by atoms with Gasteiger partial charge in [0, 0.05) is 17.1 Å². The highest BCUT2D eigenvalue weighted by molar-refractivity contribution is 5.83. The van der Waals surface area contributed by atoms with Gasteiger partial charge in [0.2, 0.25) is 0 Å². The van der Waals surface area contributed by atoms with Gasteiger partial charge in [0.05, 0.1) is 12.2 Å². The number of para-hydroxylation sites is 1. The quantitative estimate of drug-likeness (QED) is 0.722. The molecule has 17 heavy (non-hydrogen) atoms. The van der Waals surface area contributed by atoms with Crippen LogP contribution < -0.4 is 5.73 Å². The predicted molar refractivity (Wildman–Crippen MR) is 65.4 cm³/mol. The molecular weight excluding hydrogens is 214 g/mol. The molecule has 0 unspecified atom stereocenters. The first-order valence-corrected chi connectivity index (χ1v) is 5.53. The zero-order chi connectivity index (χ0) is 11.7. The van der Waals surface area contributed by atoms with Crippen LogP contribution in [0.4, 0.5) is 0 Å². The van der Waals surface area contributed by atoms with Crippen LogP contribution in [0.25, 0.3) is 10.9 Å². The number of benzene rings is 1. The van der Waals surface area contributed by atoms with Crippen LogP contribution in [-0.4, -0.2) is 9.97 Å². The Balaban J connectivity index is 1.90. The van der Waals surface area contributed by atoms with Gasteiger partial charge < -0.3 is 15.1 Å². The highest BCUT2D eigenvalue weighted by Crippen LogP contribution is 2.22. The van der Waals surface area contributed by atoms with Gasteiger partial charge in [-0.1, -0.05) is 18.2 Å². The van der Waals surface area contributed by atoms with Crippen LogP contribution in [0.5, 0.6) is 0 Å². The lowest BCUT2D eigenvalue weighted by Gasteiger charge is -2.06. The Kier molecular flexibility index (Phi) is 2.42. The molecule has 3 N–H and O–H groups in total. The molecule has 0 aliphatic carbocycles. The molecule has 3 rings (SSSR count). The molecule has 1 atom stereocenters. The van der Waals surface area contributed by atoms with Gasteiger partial charge in [-0.05, 0) is 18.1 Å². The van der Waals surface area contributed by atoms with E-state index in [2.05, 4.69) is 22.1 Å². The van der Waals surface area contributed by atoms with Crippen molar-refractivity contribution in [1.82, 2.24) is 9.97 Å². The van der Waals surface area contributed by atoms with Gasteiger partial charge in [0.25, 0.3) is 0 Å². The van der Waals surface area contributed by atoms with Gasteiger partial charge in [-0.25, -0.2) is 4.98 Å². The molecule has 0 saturated carbocycles. The number of fused-ring (bicyclic) bond motifs is 1. The minimum Gasteiger partial charge on any atom is -0.447 e. The summed E-state index contributed by atoms with van der Waals surface area (Å²) in [6.45, 7) is 0. The summed E-state index contributed by atoms with van der Waals surface area (Å²) in [5.74, 6) is 0.718. The summed E-state index contributed by atoms with van der Waals surface area (Å²) in [6.07, 6.45) is 5.81. The molecule has 86 valence electrons. The average Bonchev–Trinajstić information content (AvgIpc) is 2.98. The van der Waals surface area contributed by atoms with E-state index >= 15 is 0 Å². The third kappa shape index (κ3) is 1.83. The molecule has 0 aliphatic rings. The Hall–Kier alpha value is -2.07. The van der Waals surface area contributed by atoms with E-state index in [1.165, 1.54) is 17.3 Å². The van der Waals surface area contributed by atoms with Crippen molar-refractivity contribution in [3.63, 3.8) is 0 Å². The molecule has 0 aliphatic heterocycles. The van der Waals surface area contributed by atoms with Crippen LogP contribution in [0, 0.1) is 0 Å². The van der Waals surface area contributed by atoms with Crippen LogP contribution >= 0.6 is 0 Å². The Bertz CT molecular complexity index is 612. The fourth-order valence-corrected chi connectivity index (χ4v) is 2.05. The second kappa shape index (κ2) is 4.07. The van der Waals surface area contributed by atoms with Gasteiger partial charge >= 0.3 is 0 Å². The van der Waals surface area contributed by atoms with E-state index < -0.39 is 0 Å². The molecule has 0 bridgehead atoms. The number of aromatic amines is 1. The average molecular weight is 227 g/mol. The monoisotopic (exact) mass is 227 g/mol. The maximum atomic E-state index is 6.07. The molecule has 3 aromatic rings. The number of nitrogens with zero attached hydrogens (tertiary/aromatic N) is 1. The number of nitrogens with two attached hydrogens (primary N) is 1. The summed E-state index contributed by atoms with van der Waals surface area (Å²) in [7, 11) is 0. The van der Waals surface area contributed by atoms with E-state index in [9.17, 15) is 0 Å². The lowest BCUT2D eigenvalue weighted by Crippen LogP contribution is -2.12. The topological polar surface area (TPSA) is 67.8 Å². The summed E-state index contributed by atoms with van der Waals surface area (Å²) in [4.78, 5) is 7.12. The number of rotatable bonds is 3. The Morgan fingerprint density at radius 3 is 3.06 bits per heavy atom. The number of hydrogen-bond donors (Lipinski definition) is 2. The molecule has 4 heteroatoms. The van der Waals surface area contributed by atoms with Gasteiger partial charge in [-0.2, -0.15) is 0 Å². The van der Waals surface area contributed by atoms with Gasteiger partial charge in [0.1, 0.15) is 5.76 Å². The van der Waals surface area contributed by atoms with Crippen LogP contribution in [0.15, 0.2) is 47.5 Å². The number of oxazole rings is 1. The van der Waals surface area contributed by atoms with Crippen LogP contribution in [0.3, 0.4) is 0 Å². The molecule has 2 aromatic heterocycles. The van der Waals surface area contributed by atoms with Crippen molar-refractivity contribution < 1.29 is 4.42 Å². The van der Waals surface area contributed by atoms with Crippen molar-refractivity contribution in [2.75, 3.05) is 0 Å². The van der Waals surface area contributed by atoms with E-state index in [1.807, 2.05) is 18.3 Å². The van der Waals surface area contributed by atoms with Crippen LogP contribution in [-0.2, 0) is 6.42 Å². The maximum absolute atomic E-state index is 6.07. The van der Waals surface area contributed by atoms with Crippen molar-refractivity contribution >= 4 is 10.9 Å². The highest BCUT2D eigenvalue weighted by atomic mass is 16.3. The van der Waals surface area contributed by atoms with E-state index in [4.69, 9.17) is 10.2 Å². The smallest absolute Gasteiger partial charge is 0.180 e. The molecule has 0 amide bonds. The van der Waals surface area contributed by atoms with Gasteiger partial charge in [-0.3, -0.25) is 0 Å². The minimum atomic E-state index is -0.156. The third-order valence-corrected chi connectivity index (χ3v) is 2.93. The number of hydrogen-bond acceptors (Lipinski definition) is 3. The first kappa shape index (κ1) is 10.1. The maximum Gasteiger partial charge on any atom is 0.180 e. The summed E-state index contributed by atoms with van der Waals surface area (Å²) < 4.78 is 5.21. The van der Waals surface area contributed by atoms with Crippen molar-refractivity contribution in [3.8, 4) is 0 Å². The second-order valence-corrected chi connectivity index (χ2v) is 4.07. The fourth-order valence-electron chi connectivity index (χ4n) is 2.05. The van der Waals surface area contributed by atoms with Crippen molar-refractivity contribution in [2.24, 2.45) is 5.73 Å². The summed E-state index contributed by atoms with van der Waals surface area (Å²) in [5.41, 5.74) is 8.40. The standard InChI is InChI=1S/C13H13N3O/c14-11(13-7-15-8-17-13)5-9-6-16-12-4-2-1-3-10(9)12/h1-4,6-8,11,16H,5,14H2/t11-/m0/s1. The Morgan fingerprint density at radius 1 is 1.35 bits per heavy atom. The number of aromatic nitrogens is 2. The zero-order valence-corrected chi connectivity index (χ0v) is 9.26. The summed E-state index contributed by atoms with van der Waals surface area (Å²) in [5, 5.41) is 1.21. The van der Waals surface area contributed by atoms with E-state index in [0.717, 1.165) is 17.7 Å². The Labute approximate surface area is 98.5 Å². The molecule has 1 aromatic carbocycles. The lowest BCUT2D eigenvalue weighted by molar-refractivity contribution is 0.461. The van der Waals surface area contributed by atoms with E-state index in [0.29, 0.717) is 0 Å². The van der Waals surface area contributed by atoms with E-state index in [-0.39, 0.29) is 6.04 Å². The molecular formula is C13H13N3O. The highest BCUT2D eigenvalue weighted by Gasteiger charge is 2.12. The van der Waals surface area contributed by atoms with Crippen LogP contribution in [0.1, 0.15) is 17.4 Å². The molecule has 0 saturated heterocycles. The summed E-state index contributed by atoms with van der Waals surface area (Å²) >= 11 is 0.